The molecular formula is C18H19ClN4O2S. The van der Waals surface area contributed by atoms with Gasteiger partial charge in [-0.3, -0.25) is 4.90 Å². The molecule has 1 aliphatic rings. The van der Waals surface area contributed by atoms with Crippen molar-refractivity contribution in [3.63, 3.8) is 0 Å². The summed E-state index contributed by atoms with van der Waals surface area (Å²) in [7, 11) is 1.91. The van der Waals surface area contributed by atoms with E-state index in [4.69, 9.17) is 20.8 Å². The van der Waals surface area contributed by atoms with Gasteiger partial charge in [0.15, 0.2) is 10.2 Å². The summed E-state index contributed by atoms with van der Waals surface area (Å²) in [6.45, 7) is 4.37. The Hall–Kier alpha value is -1.96. The van der Waals surface area contributed by atoms with Gasteiger partial charge in [0.1, 0.15) is 23.9 Å². The van der Waals surface area contributed by atoms with Crippen molar-refractivity contribution in [1.82, 2.24) is 19.7 Å². The number of nitrogens with zero attached hydrogens (tertiary/aromatic N) is 4. The first-order chi connectivity index (χ1) is 12.6. The van der Waals surface area contributed by atoms with E-state index in [1.165, 1.54) is 11.8 Å². The molecule has 1 aromatic carbocycles. The molecule has 26 heavy (non-hydrogen) atoms. The van der Waals surface area contributed by atoms with Gasteiger partial charge in [-0.1, -0.05) is 11.6 Å². The first kappa shape index (κ1) is 17.5. The fourth-order valence-electron chi connectivity index (χ4n) is 3.00. The minimum Gasteiger partial charge on any atom is -0.489 e. The summed E-state index contributed by atoms with van der Waals surface area (Å²) in [5.74, 6) is 1.81. The van der Waals surface area contributed by atoms with Gasteiger partial charge >= 0.3 is 0 Å². The number of aromatic nitrogens is 3. The van der Waals surface area contributed by atoms with Crippen molar-refractivity contribution in [1.29, 1.82) is 0 Å². The predicted octanol–water partition coefficient (Wildman–Crippen LogP) is 4.00. The number of halogens is 1. The van der Waals surface area contributed by atoms with E-state index in [0.717, 1.165) is 45.4 Å². The summed E-state index contributed by atoms with van der Waals surface area (Å²) in [5, 5.41) is 10.3. The van der Waals surface area contributed by atoms with Gasteiger partial charge in [-0.05, 0) is 49.0 Å². The Morgan fingerprint density at radius 1 is 1.31 bits per heavy atom. The van der Waals surface area contributed by atoms with Crippen LogP contribution in [-0.2, 0) is 20.1 Å². The average molecular weight is 391 g/mol. The average Bonchev–Trinajstić information content (AvgIpc) is 3.15. The zero-order valence-corrected chi connectivity index (χ0v) is 16.1. The molecule has 6 nitrogen and oxygen atoms in total. The molecule has 0 saturated heterocycles. The molecule has 0 N–H and O–H groups in total. The van der Waals surface area contributed by atoms with Crippen LogP contribution in [0.2, 0.25) is 5.02 Å². The van der Waals surface area contributed by atoms with E-state index in [2.05, 4.69) is 22.0 Å². The Morgan fingerprint density at radius 2 is 2.19 bits per heavy atom. The zero-order chi connectivity index (χ0) is 18.1. The molecule has 0 saturated carbocycles. The zero-order valence-electron chi connectivity index (χ0n) is 14.6. The van der Waals surface area contributed by atoms with E-state index >= 15 is 0 Å². The number of fused-ring (bicyclic) bond motifs is 1. The molecule has 2 aromatic heterocycles. The topological polar surface area (TPSA) is 56.3 Å². The van der Waals surface area contributed by atoms with Crippen molar-refractivity contribution in [2.24, 2.45) is 7.05 Å². The fourth-order valence-corrected chi connectivity index (χ4v) is 3.94. The summed E-state index contributed by atoms with van der Waals surface area (Å²) in [4.78, 5) is 2.31. The highest BCUT2D eigenvalue weighted by atomic mass is 35.5. The molecule has 0 spiro atoms. The van der Waals surface area contributed by atoms with Gasteiger partial charge in [-0.2, -0.15) is 0 Å². The van der Waals surface area contributed by atoms with Gasteiger partial charge in [0.2, 0.25) is 0 Å². The molecule has 3 aromatic rings. The smallest absolute Gasteiger partial charge is 0.198 e. The maximum Gasteiger partial charge on any atom is 0.198 e. The summed E-state index contributed by atoms with van der Waals surface area (Å²) in [6, 6.07) is 9.76. The summed E-state index contributed by atoms with van der Waals surface area (Å²) < 4.78 is 13.9. The fraction of sp³-hybridized carbons (Fsp3) is 0.333. The third-order valence-electron chi connectivity index (χ3n) is 4.14. The van der Waals surface area contributed by atoms with E-state index in [1.807, 2.05) is 41.9 Å². The van der Waals surface area contributed by atoms with Crippen LogP contribution >= 0.6 is 23.4 Å². The summed E-state index contributed by atoms with van der Waals surface area (Å²) in [5.41, 5.74) is 1.10. The molecule has 0 bridgehead atoms. The number of benzene rings is 1. The van der Waals surface area contributed by atoms with E-state index < -0.39 is 0 Å². The minimum absolute atomic E-state index is 0.0971. The van der Waals surface area contributed by atoms with Crippen molar-refractivity contribution in [3.05, 3.63) is 53.0 Å². The van der Waals surface area contributed by atoms with Crippen LogP contribution in [0.1, 0.15) is 18.2 Å². The Kier molecular flexibility index (Phi) is 4.93. The van der Waals surface area contributed by atoms with Gasteiger partial charge in [0, 0.05) is 30.7 Å². The molecule has 4 rings (SSSR count). The van der Waals surface area contributed by atoms with Crippen molar-refractivity contribution in [2.75, 3.05) is 6.54 Å². The number of rotatable bonds is 4. The molecule has 136 valence electrons. The van der Waals surface area contributed by atoms with Gasteiger partial charge in [0.05, 0.1) is 6.54 Å². The van der Waals surface area contributed by atoms with Crippen molar-refractivity contribution < 1.29 is 9.15 Å². The Bertz CT molecular complexity index is 910. The molecule has 1 atom stereocenters. The number of aryl methyl sites for hydroxylation is 1. The molecule has 8 heteroatoms. The molecule has 0 radical (unpaired) electrons. The van der Waals surface area contributed by atoms with Crippen molar-refractivity contribution >= 4 is 23.4 Å². The van der Waals surface area contributed by atoms with Crippen molar-refractivity contribution in [3.8, 4) is 5.75 Å². The quantitative estimate of drug-likeness (QED) is 0.671. The maximum atomic E-state index is 6.15. The highest BCUT2D eigenvalue weighted by Crippen LogP contribution is 2.30. The minimum atomic E-state index is 0.0971. The monoisotopic (exact) mass is 390 g/mol. The highest BCUT2D eigenvalue weighted by molar-refractivity contribution is 7.99. The second-order valence-electron chi connectivity index (χ2n) is 6.40. The molecule has 0 aliphatic carbocycles. The summed E-state index contributed by atoms with van der Waals surface area (Å²) in [6.07, 6.45) is 1.77. The third kappa shape index (κ3) is 3.90. The Labute approximate surface area is 161 Å². The van der Waals surface area contributed by atoms with Crippen LogP contribution in [0.25, 0.3) is 0 Å². The third-order valence-corrected chi connectivity index (χ3v) is 5.35. The SMILES string of the molecule is C[C@@H]1CN(Cc2ccc(Sc3nncn3C)o2)Cc2cc(Cl)ccc2O1. The summed E-state index contributed by atoms with van der Waals surface area (Å²) >= 11 is 7.61. The lowest BCUT2D eigenvalue weighted by Gasteiger charge is -2.20. The highest BCUT2D eigenvalue weighted by Gasteiger charge is 2.21. The number of ether oxygens (including phenoxy) is 1. The van der Waals surface area contributed by atoms with E-state index in [-0.39, 0.29) is 6.10 Å². The number of furan rings is 1. The molecule has 1 aliphatic heterocycles. The molecule has 0 unspecified atom stereocenters. The maximum absolute atomic E-state index is 6.15. The lowest BCUT2D eigenvalue weighted by molar-refractivity contribution is 0.148. The largest absolute Gasteiger partial charge is 0.489 e. The predicted molar refractivity (Wildman–Crippen MR) is 99.5 cm³/mol. The number of hydrogen-bond donors (Lipinski definition) is 0. The van der Waals surface area contributed by atoms with Gasteiger partial charge in [-0.15, -0.1) is 10.2 Å². The Balaban J connectivity index is 1.47. The standard InChI is InChI=1S/C18H19ClN4O2S/c1-12-8-23(9-13-7-14(19)3-5-16(13)24-12)10-15-4-6-17(25-15)26-18-21-20-11-22(18)2/h3-7,11-12H,8-10H2,1-2H3/t12-/m1/s1. The second-order valence-corrected chi connectivity index (χ2v) is 7.81. The lowest BCUT2D eigenvalue weighted by Crippen LogP contribution is -2.30. The van der Waals surface area contributed by atoms with Crippen LogP contribution in [0.15, 0.2) is 51.3 Å². The van der Waals surface area contributed by atoms with Crippen LogP contribution < -0.4 is 4.74 Å². The molecule has 0 fully saturated rings. The van der Waals surface area contributed by atoms with Gasteiger partial charge in [-0.25, -0.2) is 0 Å². The van der Waals surface area contributed by atoms with Crippen LogP contribution in [0, 0.1) is 0 Å². The molecule has 0 amide bonds. The van der Waals surface area contributed by atoms with E-state index in [9.17, 15) is 0 Å². The van der Waals surface area contributed by atoms with Gasteiger partial charge in [0.25, 0.3) is 0 Å². The van der Waals surface area contributed by atoms with E-state index in [0.29, 0.717) is 6.54 Å². The lowest BCUT2D eigenvalue weighted by atomic mass is 10.2. The van der Waals surface area contributed by atoms with E-state index in [1.54, 1.807) is 6.33 Å². The van der Waals surface area contributed by atoms with Crippen LogP contribution in [-0.4, -0.2) is 32.3 Å². The molecular weight excluding hydrogens is 372 g/mol. The van der Waals surface area contributed by atoms with Crippen LogP contribution in [0.4, 0.5) is 0 Å². The normalized spacial score (nSPS) is 17.6. The first-order valence-electron chi connectivity index (χ1n) is 8.35. The van der Waals surface area contributed by atoms with Crippen LogP contribution in [0.5, 0.6) is 5.75 Å². The first-order valence-corrected chi connectivity index (χ1v) is 9.54. The van der Waals surface area contributed by atoms with Crippen molar-refractivity contribution in [2.45, 2.75) is 36.4 Å². The van der Waals surface area contributed by atoms with Gasteiger partial charge < -0.3 is 13.7 Å². The van der Waals surface area contributed by atoms with Crippen LogP contribution in [0.3, 0.4) is 0 Å². The number of hydrogen-bond acceptors (Lipinski definition) is 6. The Morgan fingerprint density at radius 3 is 3.00 bits per heavy atom. The molecule has 3 heterocycles. The second kappa shape index (κ2) is 7.34.